The van der Waals surface area contributed by atoms with E-state index in [1.165, 1.54) is 0 Å². The van der Waals surface area contributed by atoms with Gasteiger partial charge in [0.15, 0.2) is 0 Å². The first-order valence-corrected chi connectivity index (χ1v) is 5.52. The summed E-state index contributed by atoms with van der Waals surface area (Å²) in [6.45, 7) is 0.708. The van der Waals surface area contributed by atoms with Gasteiger partial charge in [-0.15, -0.1) is 0 Å². The maximum Gasteiger partial charge on any atom is 0.138 e. The average Bonchev–Trinajstić information content (AvgIpc) is 2.74. The average molecular weight is 224 g/mol. The fraction of sp³-hybridized carbons (Fsp3) is 0.0714. The number of amidine groups is 1. The van der Waals surface area contributed by atoms with Crippen LogP contribution in [0.5, 0.6) is 11.5 Å². The van der Waals surface area contributed by atoms with Crippen LogP contribution in [-0.4, -0.2) is 5.84 Å². The van der Waals surface area contributed by atoms with Gasteiger partial charge in [0.1, 0.15) is 17.3 Å². The summed E-state index contributed by atoms with van der Waals surface area (Å²) in [7, 11) is 0. The molecule has 2 aromatic rings. The van der Waals surface area contributed by atoms with Crippen LogP contribution in [0.1, 0.15) is 11.1 Å². The Kier molecular flexibility index (Phi) is 2.29. The first-order chi connectivity index (χ1) is 8.34. The Morgan fingerprint density at radius 3 is 2.65 bits per heavy atom. The van der Waals surface area contributed by atoms with Crippen molar-refractivity contribution < 1.29 is 4.74 Å². The Morgan fingerprint density at radius 2 is 1.82 bits per heavy atom. The minimum absolute atomic E-state index is 0.437. The van der Waals surface area contributed by atoms with Crippen LogP contribution in [0, 0.1) is 5.41 Å². The van der Waals surface area contributed by atoms with Crippen LogP contribution in [0.25, 0.3) is 0 Å². The van der Waals surface area contributed by atoms with Crippen LogP contribution < -0.4 is 10.1 Å². The van der Waals surface area contributed by atoms with Crippen molar-refractivity contribution in [3.8, 4) is 11.5 Å². The second-order valence-electron chi connectivity index (χ2n) is 3.93. The summed E-state index contributed by atoms with van der Waals surface area (Å²) in [6, 6.07) is 15.5. The van der Waals surface area contributed by atoms with Crippen LogP contribution in [0.3, 0.4) is 0 Å². The molecule has 3 nitrogen and oxygen atoms in total. The van der Waals surface area contributed by atoms with Crippen molar-refractivity contribution in [1.82, 2.24) is 5.32 Å². The van der Waals surface area contributed by atoms with Crippen molar-refractivity contribution in [2.75, 3.05) is 0 Å². The summed E-state index contributed by atoms with van der Waals surface area (Å²) in [6.07, 6.45) is 0. The highest BCUT2D eigenvalue weighted by molar-refractivity contribution is 6.02. The number of ether oxygens (including phenoxy) is 1. The molecular formula is C14H12N2O. The molecule has 0 radical (unpaired) electrons. The second-order valence-corrected chi connectivity index (χ2v) is 3.93. The molecule has 0 aliphatic carbocycles. The molecular weight excluding hydrogens is 212 g/mol. The molecule has 1 aliphatic rings. The van der Waals surface area contributed by atoms with Crippen LogP contribution in [0.4, 0.5) is 0 Å². The highest BCUT2D eigenvalue weighted by atomic mass is 16.5. The predicted octanol–water partition coefficient (Wildman–Crippen LogP) is 2.91. The van der Waals surface area contributed by atoms with Gasteiger partial charge in [-0.2, -0.15) is 0 Å². The van der Waals surface area contributed by atoms with Crippen LogP contribution >= 0.6 is 0 Å². The largest absolute Gasteiger partial charge is 0.457 e. The summed E-state index contributed by atoms with van der Waals surface area (Å²) >= 11 is 0. The van der Waals surface area contributed by atoms with E-state index in [1.54, 1.807) is 0 Å². The zero-order valence-corrected chi connectivity index (χ0v) is 9.23. The fourth-order valence-electron chi connectivity index (χ4n) is 1.98. The lowest BCUT2D eigenvalue weighted by Gasteiger charge is -2.09. The molecule has 3 rings (SSSR count). The third-order valence-electron chi connectivity index (χ3n) is 2.79. The van der Waals surface area contributed by atoms with E-state index >= 15 is 0 Å². The molecule has 2 N–H and O–H groups in total. The first-order valence-electron chi connectivity index (χ1n) is 5.52. The lowest BCUT2D eigenvalue weighted by atomic mass is 10.1. The summed E-state index contributed by atoms with van der Waals surface area (Å²) in [5.74, 6) is 1.97. The van der Waals surface area contributed by atoms with E-state index in [2.05, 4.69) is 5.32 Å². The maximum atomic E-state index is 7.85. The molecule has 0 unspecified atom stereocenters. The van der Waals surface area contributed by atoms with Crippen molar-refractivity contribution in [1.29, 1.82) is 5.41 Å². The van der Waals surface area contributed by atoms with Gasteiger partial charge in [-0.3, -0.25) is 5.41 Å². The van der Waals surface area contributed by atoms with Crippen LogP contribution in [0.2, 0.25) is 0 Å². The van der Waals surface area contributed by atoms with Crippen molar-refractivity contribution in [2.24, 2.45) is 0 Å². The Labute approximate surface area is 99.6 Å². The van der Waals surface area contributed by atoms with E-state index in [4.69, 9.17) is 10.1 Å². The molecule has 1 heterocycles. The molecule has 84 valence electrons. The molecule has 0 aromatic heterocycles. The quantitative estimate of drug-likeness (QED) is 0.823. The predicted molar refractivity (Wildman–Crippen MR) is 66.6 cm³/mol. The molecule has 2 aromatic carbocycles. The molecule has 0 spiro atoms. The smallest absolute Gasteiger partial charge is 0.138 e. The lowest BCUT2D eigenvalue weighted by molar-refractivity contribution is 0.481. The SMILES string of the molecule is N=C1NCc2cccc(Oc3ccccc3)c21. The van der Waals surface area contributed by atoms with Crippen molar-refractivity contribution >= 4 is 5.84 Å². The second kappa shape index (κ2) is 3.94. The molecule has 0 fully saturated rings. The highest BCUT2D eigenvalue weighted by Crippen LogP contribution is 2.30. The molecule has 3 heteroatoms. The number of nitrogens with one attached hydrogen (secondary N) is 2. The van der Waals surface area contributed by atoms with E-state index in [9.17, 15) is 0 Å². The first kappa shape index (κ1) is 9.90. The van der Waals surface area contributed by atoms with E-state index in [-0.39, 0.29) is 0 Å². The fourth-order valence-corrected chi connectivity index (χ4v) is 1.98. The maximum absolute atomic E-state index is 7.85. The zero-order chi connectivity index (χ0) is 11.7. The summed E-state index contributed by atoms with van der Waals surface area (Å²) in [4.78, 5) is 0. The van der Waals surface area contributed by atoms with Gasteiger partial charge in [0.2, 0.25) is 0 Å². The summed E-state index contributed by atoms with van der Waals surface area (Å²) < 4.78 is 5.81. The van der Waals surface area contributed by atoms with Crippen molar-refractivity contribution in [3.63, 3.8) is 0 Å². The Balaban J connectivity index is 2.00. The minimum Gasteiger partial charge on any atom is -0.457 e. The van der Waals surface area contributed by atoms with Gasteiger partial charge in [-0.05, 0) is 23.8 Å². The number of rotatable bonds is 2. The number of fused-ring (bicyclic) bond motifs is 1. The molecule has 0 atom stereocenters. The Bertz CT molecular complexity index is 564. The zero-order valence-electron chi connectivity index (χ0n) is 9.23. The standard InChI is InChI=1S/C14H12N2O/c15-14-13-10(9-16-14)5-4-8-12(13)17-11-6-2-1-3-7-11/h1-8H,9H2,(H2,15,16). The summed E-state index contributed by atoms with van der Waals surface area (Å²) in [5, 5.41) is 10.9. The van der Waals surface area contributed by atoms with Gasteiger partial charge >= 0.3 is 0 Å². The Hall–Kier alpha value is -2.29. The normalized spacial score (nSPS) is 13.1. The lowest BCUT2D eigenvalue weighted by Crippen LogP contribution is -2.13. The van der Waals surface area contributed by atoms with Gasteiger partial charge in [-0.25, -0.2) is 0 Å². The number of benzene rings is 2. The third-order valence-corrected chi connectivity index (χ3v) is 2.79. The van der Waals surface area contributed by atoms with Gasteiger partial charge in [0.05, 0.1) is 5.56 Å². The minimum atomic E-state index is 0.437. The molecule has 0 amide bonds. The third kappa shape index (κ3) is 1.76. The van der Waals surface area contributed by atoms with Gasteiger partial charge in [0, 0.05) is 6.54 Å². The van der Waals surface area contributed by atoms with Crippen molar-refractivity contribution in [3.05, 3.63) is 59.7 Å². The van der Waals surface area contributed by atoms with Crippen LogP contribution in [-0.2, 0) is 6.54 Å². The number of hydrogen-bond donors (Lipinski definition) is 2. The monoisotopic (exact) mass is 224 g/mol. The van der Waals surface area contributed by atoms with E-state index in [1.807, 2.05) is 48.5 Å². The van der Waals surface area contributed by atoms with E-state index < -0.39 is 0 Å². The topological polar surface area (TPSA) is 45.1 Å². The van der Waals surface area contributed by atoms with Gasteiger partial charge in [0.25, 0.3) is 0 Å². The Morgan fingerprint density at radius 1 is 1.00 bits per heavy atom. The summed E-state index contributed by atoms with van der Waals surface area (Å²) in [5.41, 5.74) is 1.99. The van der Waals surface area contributed by atoms with Gasteiger partial charge < -0.3 is 10.1 Å². The van der Waals surface area contributed by atoms with E-state index in [0.717, 1.165) is 22.6 Å². The molecule has 0 bridgehead atoms. The highest BCUT2D eigenvalue weighted by Gasteiger charge is 2.20. The molecule has 0 saturated heterocycles. The van der Waals surface area contributed by atoms with Crippen LogP contribution in [0.15, 0.2) is 48.5 Å². The number of hydrogen-bond acceptors (Lipinski definition) is 2. The van der Waals surface area contributed by atoms with Gasteiger partial charge in [-0.1, -0.05) is 30.3 Å². The molecule has 0 saturated carbocycles. The number of para-hydroxylation sites is 1. The molecule has 1 aliphatic heterocycles. The van der Waals surface area contributed by atoms with E-state index in [0.29, 0.717) is 12.4 Å². The molecule has 17 heavy (non-hydrogen) atoms. The van der Waals surface area contributed by atoms with Crippen molar-refractivity contribution in [2.45, 2.75) is 6.54 Å².